The van der Waals surface area contributed by atoms with Crippen LogP contribution in [0.25, 0.3) is 17.0 Å². The zero-order valence-corrected chi connectivity index (χ0v) is 14.0. The lowest BCUT2D eigenvalue weighted by Crippen LogP contribution is -2.06. The molecule has 0 spiro atoms. The number of aryl methyl sites for hydroxylation is 1. The standard InChI is InChI=1S/C17H16N6S/c1-2-13-9-19-16(24-13)10-18-15-8-14(12-6-4-3-5-7-12)22-17-20-11-21-23(15)17/h3-9,11,18H,2,10H2,1H3. The van der Waals surface area contributed by atoms with Gasteiger partial charge >= 0.3 is 0 Å². The smallest absolute Gasteiger partial charge is 0.254 e. The Morgan fingerprint density at radius 2 is 2.04 bits per heavy atom. The number of thiazole rings is 1. The van der Waals surface area contributed by atoms with E-state index in [-0.39, 0.29) is 0 Å². The first-order valence-electron chi connectivity index (χ1n) is 7.77. The molecule has 7 heteroatoms. The van der Waals surface area contributed by atoms with Gasteiger partial charge in [0.25, 0.3) is 5.78 Å². The Morgan fingerprint density at radius 3 is 2.83 bits per heavy atom. The average molecular weight is 336 g/mol. The average Bonchev–Trinajstić information content (AvgIpc) is 3.29. The van der Waals surface area contributed by atoms with E-state index in [1.807, 2.05) is 42.6 Å². The first-order chi connectivity index (χ1) is 11.8. The number of hydrogen-bond donors (Lipinski definition) is 1. The maximum absolute atomic E-state index is 4.57. The molecule has 120 valence electrons. The topological polar surface area (TPSA) is 68.0 Å². The summed E-state index contributed by atoms with van der Waals surface area (Å²) < 4.78 is 1.71. The van der Waals surface area contributed by atoms with Crippen LogP contribution < -0.4 is 5.32 Å². The summed E-state index contributed by atoms with van der Waals surface area (Å²) in [5, 5.41) is 8.71. The van der Waals surface area contributed by atoms with Crippen molar-refractivity contribution in [2.45, 2.75) is 19.9 Å². The molecule has 0 unspecified atom stereocenters. The number of aromatic nitrogens is 5. The highest BCUT2D eigenvalue weighted by molar-refractivity contribution is 7.11. The Kier molecular flexibility index (Phi) is 3.92. The fourth-order valence-corrected chi connectivity index (χ4v) is 3.26. The molecule has 3 aromatic heterocycles. The third kappa shape index (κ3) is 2.85. The second-order valence-corrected chi connectivity index (χ2v) is 6.49. The normalized spacial score (nSPS) is 11.0. The van der Waals surface area contributed by atoms with Crippen molar-refractivity contribution in [3.63, 3.8) is 0 Å². The summed E-state index contributed by atoms with van der Waals surface area (Å²) in [6, 6.07) is 12.1. The van der Waals surface area contributed by atoms with Crippen molar-refractivity contribution in [1.82, 2.24) is 24.6 Å². The molecule has 0 saturated carbocycles. The van der Waals surface area contributed by atoms with Gasteiger partial charge < -0.3 is 5.32 Å². The Bertz CT molecular complexity index is 960. The van der Waals surface area contributed by atoms with Crippen LogP contribution in [-0.2, 0) is 13.0 Å². The maximum atomic E-state index is 4.57. The van der Waals surface area contributed by atoms with Gasteiger partial charge in [-0.15, -0.1) is 11.3 Å². The van der Waals surface area contributed by atoms with E-state index >= 15 is 0 Å². The number of anilines is 1. The van der Waals surface area contributed by atoms with E-state index in [9.17, 15) is 0 Å². The van der Waals surface area contributed by atoms with Crippen molar-refractivity contribution in [2.24, 2.45) is 0 Å². The molecule has 0 aliphatic rings. The largest absolute Gasteiger partial charge is 0.363 e. The van der Waals surface area contributed by atoms with Crippen LogP contribution in [0.5, 0.6) is 0 Å². The highest BCUT2D eigenvalue weighted by Gasteiger charge is 2.10. The lowest BCUT2D eigenvalue weighted by Gasteiger charge is -2.09. The molecule has 3 heterocycles. The van der Waals surface area contributed by atoms with Gasteiger partial charge in [0.15, 0.2) is 0 Å². The van der Waals surface area contributed by atoms with Gasteiger partial charge in [0.2, 0.25) is 0 Å². The summed E-state index contributed by atoms with van der Waals surface area (Å²) in [5.74, 6) is 1.43. The molecule has 0 aliphatic heterocycles. The molecule has 0 saturated heterocycles. The third-order valence-corrected chi connectivity index (χ3v) is 4.83. The van der Waals surface area contributed by atoms with Crippen molar-refractivity contribution >= 4 is 22.9 Å². The van der Waals surface area contributed by atoms with Gasteiger partial charge in [-0.2, -0.15) is 14.6 Å². The maximum Gasteiger partial charge on any atom is 0.254 e. The van der Waals surface area contributed by atoms with Crippen molar-refractivity contribution < 1.29 is 0 Å². The van der Waals surface area contributed by atoms with Crippen LogP contribution in [0.2, 0.25) is 0 Å². The van der Waals surface area contributed by atoms with Crippen molar-refractivity contribution in [3.8, 4) is 11.3 Å². The van der Waals surface area contributed by atoms with E-state index in [2.05, 4.69) is 32.3 Å². The van der Waals surface area contributed by atoms with Gasteiger partial charge in [0.1, 0.15) is 17.2 Å². The Balaban J connectivity index is 1.67. The van der Waals surface area contributed by atoms with Crippen LogP contribution in [-0.4, -0.2) is 24.6 Å². The number of hydrogen-bond acceptors (Lipinski definition) is 6. The molecule has 0 radical (unpaired) electrons. The minimum atomic E-state index is 0.576. The van der Waals surface area contributed by atoms with Crippen LogP contribution in [0.1, 0.15) is 16.8 Å². The van der Waals surface area contributed by atoms with E-state index in [1.165, 1.54) is 11.2 Å². The van der Waals surface area contributed by atoms with E-state index < -0.39 is 0 Å². The Labute approximate surface area is 143 Å². The van der Waals surface area contributed by atoms with Gasteiger partial charge in [-0.05, 0) is 6.42 Å². The number of nitrogens with zero attached hydrogens (tertiary/aromatic N) is 5. The first-order valence-corrected chi connectivity index (χ1v) is 8.59. The SMILES string of the molecule is CCc1cnc(CNc2cc(-c3ccccc3)nc3ncnn23)s1. The second kappa shape index (κ2) is 6.37. The summed E-state index contributed by atoms with van der Waals surface area (Å²) in [7, 11) is 0. The van der Waals surface area contributed by atoms with Crippen LogP contribution >= 0.6 is 11.3 Å². The predicted octanol–water partition coefficient (Wildman–Crippen LogP) is 3.42. The molecule has 1 N–H and O–H groups in total. The molecule has 0 atom stereocenters. The lowest BCUT2D eigenvalue weighted by atomic mass is 10.1. The molecular weight excluding hydrogens is 320 g/mol. The molecule has 4 aromatic rings. The Morgan fingerprint density at radius 1 is 1.17 bits per heavy atom. The number of rotatable bonds is 5. The highest BCUT2D eigenvalue weighted by atomic mass is 32.1. The molecule has 0 fully saturated rings. The molecule has 1 aromatic carbocycles. The van der Waals surface area contributed by atoms with Crippen molar-refractivity contribution in [1.29, 1.82) is 0 Å². The zero-order chi connectivity index (χ0) is 16.4. The summed E-state index contributed by atoms with van der Waals surface area (Å²) in [6.45, 7) is 2.79. The zero-order valence-electron chi connectivity index (χ0n) is 13.2. The Hall–Kier alpha value is -2.80. The number of benzene rings is 1. The third-order valence-electron chi connectivity index (χ3n) is 3.69. The minimum Gasteiger partial charge on any atom is -0.363 e. The molecule has 0 aliphatic carbocycles. The number of nitrogens with one attached hydrogen (secondary N) is 1. The summed E-state index contributed by atoms with van der Waals surface area (Å²) in [6.07, 6.45) is 4.47. The van der Waals surface area contributed by atoms with E-state index in [1.54, 1.807) is 15.9 Å². The van der Waals surface area contributed by atoms with E-state index in [0.717, 1.165) is 28.5 Å². The molecule has 4 rings (SSSR count). The highest BCUT2D eigenvalue weighted by Crippen LogP contribution is 2.22. The quantitative estimate of drug-likeness (QED) is 0.605. The van der Waals surface area contributed by atoms with E-state index in [4.69, 9.17) is 0 Å². The summed E-state index contributed by atoms with van der Waals surface area (Å²) >= 11 is 1.73. The molecular formula is C17H16N6S. The first kappa shape index (κ1) is 14.8. The summed E-state index contributed by atoms with van der Waals surface area (Å²) in [5.41, 5.74) is 1.92. The molecule has 0 bridgehead atoms. The molecule has 24 heavy (non-hydrogen) atoms. The molecule has 0 amide bonds. The second-order valence-electron chi connectivity index (χ2n) is 5.29. The fourth-order valence-electron chi connectivity index (χ4n) is 2.45. The van der Waals surface area contributed by atoms with Gasteiger partial charge in [-0.3, -0.25) is 0 Å². The van der Waals surface area contributed by atoms with Crippen molar-refractivity contribution in [3.05, 3.63) is 58.8 Å². The van der Waals surface area contributed by atoms with Crippen LogP contribution in [0.15, 0.2) is 48.9 Å². The monoisotopic (exact) mass is 336 g/mol. The van der Waals surface area contributed by atoms with Crippen LogP contribution in [0.3, 0.4) is 0 Å². The molecule has 6 nitrogen and oxygen atoms in total. The summed E-state index contributed by atoms with van der Waals surface area (Å²) in [4.78, 5) is 14.5. The lowest BCUT2D eigenvalue weighted by molar-refractivity contribution is 0.924. The van der Waals surface area contributed by atoms with Gasteiger partial charge in [0.05, 0.1) is 12.2 Å². The minimum absolute atomic E-state index is 0.576. The van der Waals surface area contributed by atoms with Crippen molar-refractivity contribution in [2.75, 3.05) is 5.32 Å². The van der Waals surface area contributed by atoms with Gasteiger partial charge in [0, 0.05) is 22.7 Å². The van der Waals surface area contributed by atoms with Gasteiger partial charge in [-0.25, -0.2) is 9.97 Å². The van der Waals surface area contributed by atoms with Crippen LogP contribution in [0, 0.1) is 0 Å². The van der Waals surface area contributed by atoms with E-state index in [0.29, 0.717) is 12.3 Å². The van der Waals surface area contributed by atoms with Gasteiger partial charge in [-0.1, -0.05) is 37.3 Å². The van der Waals surface area contributed by atoms with Crippen LogP contribution in [0.4, 0.5) is 5.82 Å². The fraction of sp³-hybridized carbons (Fsp3) is 0.176. The number of fused-ring (bicyclic) bond motifs is 1. The predicted molar refractivity (Wildman–Crippen MR) is 95.0 cm³/mol.